The number of amides is 1. The number of nitrogens with one attached hydrogen (secondary N) is 1. The first kappa shape index (κ1) is 21.4. The average Bonchev–Trinajstić information content (AvgIpc) is 3.08. The highest BCUT2D eigenvalue weighted by atomic mass is 16.5. The predicted molar refractivity (Wildman–Crippen MR) is 130 cm³/mol. The fraction of sp³-hybridized carbons (Fsp3) is 0.320. The van der Waals surface area contributed by atoms with Crippen molar-refractivity contribution < 1.29 is 9.53 Å². The van der Waals surface area contributed by atoms with E-state index in [9.17, 15) is 4.79 Å². The van der Waals surface area contributed by atoms with Crippen LogP contribution in [0.2, 0.25) is 0 Å². The molecule has 3 N–H and O–H groups in total. The van der Waals surface area contributed by atoms with Crippen LogP contribution in [-0.4, -0.2) is 58.2 Å². The van der Waals surface area contributed by atoms with Crippen LogP contribution in [0.25, 0.3) is 22.2 Å². The second-order valence-electron chi connectivity index (χ2n) is 8.43. The lowest BCUT2D eigenvalue weighted by Gasteiger charge is -2.26. The predicted octanol–water partition coefficient (Wildman–Crippen LogP) is 3.45. The zero-order valence-electron chi connectivity index (χ0n) is 18.8. The summed E-state index contributed by atoms with van der Waals surface area (Å²) in [7, 11) is 0. The van der Waals surface area contributed by atoms with E-state index in [-0.39, 0.29) is 5.91 Å². The average molecular weight is 445 g/mol. The quantitative estimate of drug-likeness (QED) is 0.473. The summed E-state index contributed by atoms with van der Waals surface area (Å²) in [6, 6.07) is 15.4. The molecule has 3 heterocycles. The molecule has 8 heteroatoms. The number of nitrogens with zero attached hydrogens (tertiary/aromatic N) is 4. The lowest BCUT2D eigenvalue weighted by molar-refractivity contribution is 0.0370. The van der Waals surface area contributed by atoms with E-state index in [4.69, 9.17) is 20.4 Å². The van der Waals surface area contributed by atoms with Gasteiger partial charge in [-0.25, -0.2) is 9.97 Å². The van der Waals surface area contributed by atoms with Crippen LogP contribution < -0.4 is 11.1 Å². The molecular weight excluding hydrogens is 416 g/mol. The Kier molecular flexibility index (Phi) is 5.93. The van der Waals surface area contributed by atoms with Crippen molar-refractivity contribution in [3.05, 3.63) is 59.7 Å². The van der Waals surface area contributed by atoms with E-state index in [1.807, 2.05) is 60.0 Å². The summed E-state index contributed by atoms with van der Waals surface area (Å²) >= 11 is 0. The number of morpholine rings is 1. The van der Waals surface area contributed by atoms with Gasteiger partial charge in [-0.2, -0.15) is 0 Å². The number of carbonyl (C=O) groups is 1. The summed E-state index contributed by atoms with van der Waals surface area (Å²) in [5, 5.41) is 2.98. The molecule has 0 radical (unpaired) electrons. The van der Waals surface area contributed by atoms with Gasteiger partial charge in [0.2, 0.25) is 0 Å². The normalized spacial score (nSPS) is 14.7. The molecule has 2 aromatic carbocycles. The first-order valence-electron chi connectivity index (χ1n) is 11.3. The van der Waals surface area contributed by atoms with Gasteiger partial charge in [-0.3, -0.25) is 9.69 Å². The van der Waals surface area contributed by atoms with Gasteiger partial charge >= 0.3 is 0 Å². The molecule has 0 unspecified atom stereocenters. The monoisotopic (exact) mass is 444 g/mol. The van der Waals surface area contributed by atoms with E-state index in [0.717, 1.165) is 61.6 Å². The molecule has 0 aliphatic carbocycles. The number of carbonyl (C=O) groups excluding carboxylic acids is 1. The summed E-state index contributed by atoms with van der Waals surface area (Å²) in [5.74, 6) is 0.118. The molecule has 1 aliphatic rings. The molecule has 4 aromatic rings. The van der Waals surface area contributed by atoms with E-state index in [1.54, 1.807) is 0 Å². The molecule has 1 saturated heterocycles. The second kappa shape index (κ2) is 9.17. The number of nitrogens with two attached hydrogens (primary N) is 1. The van der Waals surface area contributed by atoms with Gasteiger partial charge in [-0.05, 0) is 43.2 Å². The summed E-state index contributed by atoms with van der Waals surface area (Å²) < 4.78 is 7.37. The zero-order valence-corrected chi connectivity index (χ0v) is 18.8. The summed E-state index contributed by atoms with van der Waals surface area (Å²) in [6.07, 6.45) is 0.890. The molecule has 0 spiro atoms. The minimum absolute atomic E-state index is 0.278. The molecule has 1 aliphatic heterocycles. The fourth-order valence-corrected chi connectivity index (χ4v) is 4.36. The number of nitrogen functional groups attached to an aromatic ring is 1. The van der Waals surface area contributed by atoms with Crippen LogP contribution in [0.3, 0.4) is 0 Å². The highest BCUT2D eigenvalue weighted by Crippen LogP contribution is 2.29. The standard InChI is InChI=1S/C25H28N6O2/c1-17-6-4-7-18(16-17)27-25(32)21-22-24(29-20-9-3-2-8-19(20)28-22)31(23(21)26)11-5-10-30-12-14-33-15-13-30/h2-4,6-9,16H,5,10-15,26H2,1H3,(H,27,32). The topological polar surface area (TPSA) is 98.3 Å². The summed E-state index contributed by atoms with van der Waals surface area (Å²) in [5.41, 5.74) is 11.4. The van der Waals surface area contributed by atoms with Crippen LogP contribution >= 0.6 is 0 Å². The van der Waals surface area contributed by atoms with Crippen LogP contribution in [0, 0.1) is 6.92 Å². The highest BCUT2D eigenvalue weighted by Gasteiger charge is 2.24. The molecule has 0 saturated carbocycles. The largest absolute Gasteiger partial charge is 0.384 e. The Balaban J connectivity index is 1.50. The van der Waals surface area contributed by atoms with Gasteiger partial charge in [0, 0.05) is 31.9 Å². The SMILES string of the molecule is Cc1cccc(NC(=O)c2c(N)n(CCCN3CCOCC3)c3nc4ccccc4nc23)c1. The zero-order chi connectivity index (χ0) is 22.8. The molecular formula is C25H28N6O2. The van der Waals surface area contributed by atoms with Crippen LogP contribution in [-0.2, 0) is 11.3 Å². The molecule has 170 valence electrons. The maximum absolute atomic E-state index is 13.3. The Morgan fingerprint density at radius 3 is 2.58 bits per heavy atom. The lowest BCUT2D eigenvalue weighted by atomic mass is 10.2. The Labute approximate surface area is 192 Å². The third kappa shape index (κ3) is 4.40. The maximum Gasteiger partial charge on any atom is 0.261 e. The molecule has 8 nitrogen and oxygen atoms in total. The van der Waals surface area contributed by atoms with Crippen molar-refractivity contribution in [3.8, 4) is 0 Å². The highest BCUT2D eigenvalue weighted by molar-refractivity contribution is 6.16. The van der Waals surface area contributed by atoms with Crippen LogP contribution in [0.5, 0.6) is 0 Å². The smallest absolute Gasteiger partial charge is 0.261 e. The Bertz CT molecular complexity index is 1310. The number of anilines is 2. The Hall–Kier alpha value is -3.49. The number of hydrogen-bond donors (Lipinski definition) is 2. The van der Waals surface area contributed by atoms with E-state index >= 15 is 0 Å². The van der Waals surface area contributed by atoms with Crippen LogP contribution in [0.4, 0.5) is 11.5 Å². The molecule has 2 aromatic heterocycles. The molecule has 1 fully saturated rings. The molecule has 1 amide bonds. The third-order valence-corrected chi connectivity index (χ3v) is 6.05. The number of aromatic nitrogens is 3. The third-order valence-electron chi connectivity index (χ3n) is 6.05. The second-order valence-corrected chi connectivity index (χ2v) is 8.43. The van der Waals surface area contributed by atoms with Crippen molar-refractivity contribution in [2.24, 2.45) is 0 Å². The number of benzene rings is 2. The number of hydrogen-bond acceptors (Lipinski definition) is 6. The summed E-state index contributed by atoms with van der Waals surface area (Å²) in [6.45, 7) is 7.01. The minimum atomic E-state index is -0.278. The number of fused-ring (bicyclic) bond motifs is 2. The van der Waals surface area contributed by atoms with Gasteiger partial charge in [0.05, 0.1) is 24.2 Å². The van der Waals surface area contributed by atoms with Gasteiger partial charge < -0.3 is 20.4 Å². The Morgan fingerprint density at radius 1 is 1.06 bits per heavy atom. The van der Waals surface area contributed by atoms with Gasteiger partial charge in [-0.15, -0.1) is 0 Å². The van der Waals surface area contributed by atoms with Crippen molar-refractivity contribution >= 4 is 39.6 Å². The number of rotatable bonds is 6. The maximum atomic E-state index is 13.3. The van der Waals surface area contributed by atoms with E-state index < -0.39 is 0 Å². The fourth-order valence-electron chi connectivity index (χ4n) is 4.36. The van der Waals surface area contributed by atoms with Gasteiger partial charge in [0.25, 0.3) is 5.91 Å². The van der Waals surface area contributed by atoms with Crippen LogP contribution in [0.1, 0.15) is 22.3 Å². The van der Waals surface area contributed by atoms with Crippen LogP contribution in [0.15, 0.2) is 48.5 Å². The molecule has 0 atom stereocenters. The van der Waals surface area contributed by atoms with E-state index in [0.29, 0.717) is 29.1 Å². The number of para-hydroxylation sites is 2. The molecule has 0 bridgehead atoms. The first-order valence-corrected chi connectivity index (χ1v) is 11.3. The van der Waals surface area contributed by atoms with Gasteiger partial charge in [0.1, 0.15) is 16.9 Å². The number of ether oxygens (including phenoxy) is 1. The van der Waals surface area contributed by atoms with E-state index in [2.05, 4.69) is 10.2 Å². The molecule has 33 heavy (non-hydrogen) atoms. The van der Waals surface area contributed by atoms with Crippen molar-refractivity contribution in [1.29, 1.82) is 0 Å². The van der Waals surface area contributed by atoms with Crippen molar-refractivity contribution in [3.63, 3.8) is 0 Å². The van der Waals surface area contributed by atoms with Gasteiger partial charge in [-0.1, -0.05) is 24.3 Å². The van der Waals surface area contributed by atoms with Crippen molar-refractivity contribution in [2.45, 2.75) is 19.9 Å². The van der Waals surface area contributed by atoms with Gasteiger partial charge in [0.15, 0.2) is 5.65 Å². The van der Waals surface area contributed by atoms with Crippen molar-refractivity contribution in [2.75, 3.05) is 43.9 Å². The van der Waals surface area contributed by atoms with Crippen molar-refractivity contribution in [1.82, 2.24) is 19.4 Å². The minimum Gasteiger partial charge on any atom is -0.384 e. The summed E-state index contributed by atoms with van der Waals surface area (Å²) in [4.78, 5) is 25.3. The lowest BCUT2D eigenvalue weighted by Crippen LogP contribution is -2.37. The van der Waals surface area contributed by atoms with E-state index in [1.165, 1.54) is 0 Å². The number of aryl methyl sites for hydroxylation is 2. The Morgan fingerprint density at radius 2 is 1.82 bits per heavy atom. The molecule has 5 rings (SSSR count). The first-order chi connectivity index (χ1) is 16.1.